The predicted octanol–water partition coefficient (Wildman–Crippen LogP) is 1.47. The Hall–Kier alpha value is -3.21. The highest BCUT2D eigenvalue weighted by molar-refractivity contribution is 14.2. The van der Waals surface area contributed by atoms with Crippen LogP contribution < -0.4 is 11.1 Å². The monoisotopic (exact) mass is 762 g/mol. The van der Waals surface area contributed by atoms with E-state index in [0.717, 1.165) is 32.5 Å². The molecular weight excluding hydrogens is 719 g/mol. The van der Waals surface area contributed by atoms with Crippen LogP contribution in [0.15, 0.2) is 48.0 Å². The number of anilines is 1. The van der Waals surface area contributed by atoms with Crippen molar-refractivity contribution in [1.29, 1.82) is 0 Å². The summed E-state index contributed by atoms with van der Waals surface area (Å²) in [7, 11) is 3.11. The smallest absolute Gasteiger partial charge is 0.225 e. The van der Waals surface area contributed by atoms with Gasteiger partial charge in [0.25, 0.3) is 0 Å². The van der Waals surface area contributed by atoms with E-state index in [0.29, 0.717) is 11.3 Å². The van der Waals surface area contributed by atoms with Crippen molar-refractivity contribution in [2.24, 2.45) is 17.6 Å². The molecule has 2 fully saturated rings. The number of phenolic OH excluding ortho intramolecular Hbond substituents is 1. The number of aliphatic hydroxyl groups excluding tert-OH is 3. The quantitative estimate of drug-likeness (QED) is 0.0758. The number of aromatic hydroxyl groups is 1. The van der Waals surface area contributed by atoms with Crippen LogP contribution in [0, 0.1) is 11.8 Å². The van der Waals surface area contributed by atoms with E-state index < -0.39 is 96.1 Å². The molecule has 1 saturated carbocycles. The number of primary amides is 1. The van der Waals surface area contributed by atoms with Gasteiger partial charge in [0, 0.05) is 53.1 Å². The number of hydrogen-bond donors (Lipinski definition) is 7. The zero-order chi connectivity index (χ0) is 34.2. The summed E-state index contributed by atoms with van der Waals surface area (Å²) in [6, 6.07) is 12.6. The number of phenols is 1. The first-order chi connectivity index (χ1) is 22.3. The lowest BCUT2D eigenvalue weighted by molar-refractivity contribution is -0.175. The molecule has 0 spiro atoms. The van der Waals surface area contributed by atoms with Crippen molar-refractivity contribution in [1.82, 2.24) is 9.80 Å². The van der Waals surface area contributed by atoms with Crippen molar-refractivity contribution >= 4 is 54.2 Å². The molecule has 12 nitrogen and oxygen atoms in total. The molecule has 47 heavy (non-hydrogen) atoms. The van der Waals surface area contributed by atoms with Gasteiger partial charge in [-0.1, -0.05) is 40.9 Å². The maximum Gasteiger partial charge on any atom is 0.225 e. The summed E-state index contributed by atoms with van der Waals surface area (Å²) < 4.78 is 3.53. The van der Waals surface area contributed by atoms with Gasteiger partial charge < -0.3 is 41.5 Å². The molecule has 8 N–H and O–H groups in total. The van der Waals surface area contributed by atoms with E-state index in [9.17, 15) is 39.9 Å². The van der Waals surface area contributed by atoms with E-state index in [4.69, 9.17) is 5.73 Å². The van der Waals surface area contributed by atoms with Crippen LogP contribution in [-0.2, 0) is 20.9 Å². The number of piperidine rings is 1. The number of fused-ring (bicyclic) bond motifs is 2. The molecule has 6 atom stereocenters. The van der Waals surface area contributed by atoms with Crippen molar-refractivity contribution in [2.45, 2.75) is 53.5 Å². The van der Waals surface area contributed by atoms with Gasteiger partial charge in [-0.3, -0.25) is 19.3 Å². The molecule has 1 saturated heterocycles. The Morgan fingerprint density at radius 1 is 1.15 bits per heavy atom. The van der Waals surface area contributed by atoms with Crippen molar-refractivity contribution in [2.75, 3.05) is 39.1 Å². The Kier molecular flexibility index (Phi) is 10.5. The van der Waals surface area contributed by atoms with E-state index in [2.05, 4.69) is 26.9 Å². The Labute approximate surface area is 283 Å². The van der Waals surface area contributed by atoms with E-state index >= 15 is 0 Å². The third-order valence-corrected chi connectivity index (χ3v) is 12.2. The number of nitrogens with two attached hydrogens (primary N) is 1. The molecule has 5 rings (SSSR count). The zero-order valence-electron chi connectivity index (χ0n) is 26.5. The van der Waals surface area contributed by atoms with Gasteiger partial charge in [0.1, 0.15) is 11.5 Å². The second-order valence-electron chi connectivity index (χ2n) is 12.8. The number of alkyl halides is 1. The van der Waals surface area contributed by atoms with Crippen molar-refractivity contribution < 1.29 is 39.9 Å². The third kappa shape index (κ3) is 6.36. The van der Waals surface area contributed by atoms with Crippen LogP contribution in [0.25, 0.3) is 5.76 Å². The number of Topliss-reactive ketones (excluding diaryl/α,β-unsaturated/α-hetero) is 2. The number of nitrogens with zero attached hydrogens (tertiary/aromatic N) is 2. The molecule has 0 aromatic heterocycles. The van der Waals surface area contributed by atoms with Crippen LogP contribution in [-0.4, -0.2) is 115 Å². The Balaban J connectivity index is 1.50. The van der Waals surface area contributed by atoms with Crippen LogP contribution >= 0.6 is 20.7 Å². The van der Waals surface area contributed by atoms with Gasteiger partial charge in [-0.2, -0.15) is 0 Å². The number of ketones is 2. The highest BCUT2D eigenvalue weighted by atomic mass is 127. The van der Waals surface area contributed by atoms with E-state index in [1.165, 1.54) is 10.5 Å². The third-order valence-electron chi connectivity index (χ3n) is 9.84. The number of carbonyl (C=O) groups is 3. The SMILES string of the molecule is C=I[C@H]1c2ccc(NC3CCN(Cc4ccccc4)CC3)c(O)c2C(O)=C2C(=O)[C@](O)(C(=O)CC(N)=O)[C@H]([C@@H](CO)N(C)C)[C@@H](O)[C@@H]21. The summed E-state index contributed by atoms with van der Waals surface area (Å²) in [5.74, 6) is -7.14. The standard InChI is InChI=1S/C34H43IN4O8/c1-35-29-20-9-10-21(37-19-11-13-39(14-12-19)16-18-7-5-4-6-8-18)30(43)25(20)31(44)27-26(29)32(45)28(22(17-40)38(2)3)34(47,33(27)46)23(41)15-24(36)42/h4-10,19,22,26,28-29,32,37,40,43-45,47H,1,11-17H2,2-3H3,(H2,36,42)/t22-,26+,28-,29+,32+,34+/m1/s1. The maximum absolute atomic E-state index is 14.3. The van der Waals surface area contributed by atoms with Crippen LogP contribution in [0.4, 0.5) is 5.69 Å². The lowest BCUT2D eigenvalue weighted by Crippen LogP contribution is -2.69. The normalized spacial score (nSPS) is 27.3. The molecule has 1 aliphatic heterocycles. The van der Waals surface area contributed by atoms with Crippen LogP contribution in [0.3, 0.4) is 0 Å². The lowest BCUT2D eigenvalue weighted by Gasteiger charge is -2.51. The molecular formula is C34H43IN4O8. The largest absolute Gasteiger partial charge is 0.507 e. The fourth-order valence-corrected chi connectivity index (χ4v) is 9.78. The van der Waals surface area contributed by atoms with Gasteiger partial charge in [0.05, 0.1) is 30.4 Å². The van der Waals surface area contributed by atoms with E-state index in [-0.39, 0.29) is 17.4 Å². The number of likely N-dealkylation sites (N-methyl/N-ethyl adjacent to an activating group) is 1. The number of nitrogens with one attached hydrogen (secondary N) is 1. The minimum atomic E-state index is -2.99. The second-order valence-corrected chi connectivity index (χ2v) is 15.1. The Bertz CT molecular complexity index is 1580. The minimum absolute atomic E-state index is 0.0221. The molecule has 254 valence electrons. The number of halogens is 1. The van der Waals surface area contributed by atoms with E-state index in [1.54, 1.807) is 26.2 Å². The Morgan fingerprint density at radius 3 is 2.38 bits per heavy atom. The second kappa shape index (κ2) is 14.1. The summed E-state index contributed by atoms with van der Waals surface area (Å²) in [5, 5.41) is 60.7. The van der Waals surface area contributed by atoms with Gasteiger partial charge >= 0.3 is 0 Å². The zero-order valence-corrected chi connectivity index (χ0v) is 28.6. The first kappa shape index (κ1) is 35.1. The highest BCUT2D eigenvalue weighted by Crippen LogP contribution is 2.57. The Morgan fingerprint density at radius 2 is 1.81 bits per heavy atom. The molecule has 0 unspecified atom stereocenters. The number of hydrogen-bond acceptors (Lipinski definition) is 11. The molecule has 2 aromatic carbocycles. The minimum Gasteiger partial charge on any atom is -0.507 e. The van der Waals surface area contributed by atoms with Gasteiger partial charge in [-0.25, -0.2) is 0 Å². The van der Waals surface area contributed by atoms with Crippen molar-refractivity contribution in [3.63, 3.8) is 0 Å². The number of benzene rings is 2. The van der Waals surface area contributed by atoms with Crippen LogP contribution in [0.2, 0.25) is 0 Å². The van der Waals surface area contributed by atoms with Gasteiger partial charge in [0.15, 0.2) is 11.4 Å². The number of aliphatic hydroxyl groups is 4. The number of amides is 1. The number of likely N-dealkylation sites (tertiary alicyclic amines) is 1. The summed E-state index contributed by atoms with van der Waals surface area (Å²) in [5.41, 5.74) is 3.92. The van der Waals surface area contributed by atoms with Crippen LogP contribution in [0.5, 0.6) is 5.75 Å². The first-order valence-electron chi connectivity index (χ1n) is 15.6. The lowest BCUT2D eigenvalue weighted by atomic mass is 9.58. The number of rotatable bonds is 11. The van der Waals surface area contributed by atoms with Gasteiger partial charge in [0.2, 0.25) is 11.7 Å². The highest BCUT2D eigenvalue weighted by Gasteiger charge is 2.65. The van der Waals surface area contributed by atoms with Gasteiger partial charge in [-0.15, -0.1) is 20.7 Å². The average molecular weight is 763 g/mol. The maximum atomic E-state index is 14.3. The fourth-order valence-electron chi connectivity index (χ4n) is 7.45. The molecule has 2 aliphatic carbocycles. The summed E-state index contributed by atoms with van der Waals surface area (Å²) in [6.07, 6.45) is -0.997. The van der Waals surface area contributed by atoms with E-state index in [1.807, 2.05) is 18.2 Å². The molecule has 0 radical (unpaired) electrons. The summed E-state index contributed by atoms with van der Waals surface area (Å²) >= 11 is -1.06. The molecule has 1 amide bonds. The summed E-state index contributed by atoms with van der Waals surface area (Å²) in [4.78, 5) is 43.3. The first-order valence-corrected chi connectivity index (χ1v) is 18.3. The average Bonchev–Trinajstić information content (AvgIpc) is 3.03. The molecule has 2 aromatic rings. The molecule has 3 aliphatic rings. The molecule has 13 heteroatoms. The fraction of sp³-hybridized carbons (Fsp3) is 0.471. The van der Waals surface area contributed by atoms with Crippen molar-refractivity contribution in [3.05, 3.63) is 64.7 Å². The number of carbonyl (C=O) groups excluding carboxylic acids is 3. The predicted molar refractivity (Wildman–Crippen MR) is 186 cm³/mol. The molecule has 0 bridgehead atoms. The van der Waals surface area contributed by atoms with Crippen molar-refractivity contribution in [3.8, 4) is 5.75 Å². The van der Waals surface area contributed by atoms with Gasteiger partial charge in [-0.05, 0) is 44.1 Å². The topological polar surface area (TPSA) is 197 Å². The molecule has 1 heterocycles. The summed E-state index contributed by atoms with van der Waals surface area (Å²) in [6.45, 7) is 1.90. The van der Waals surface area contributed by atoms with Crippen LogP contribution in [0.1, 0.15) is 39.9 Å².